The van der Waals surface area contributed by atoms with E-state index < -0.39 is 0 Å². The Morgan fingerprint density at radius 2 is 1.82 bits per heavy atom. The van der Waals surface area contributed by atoms with Crippen LogP contribution in [-0.4, -0.2) is 29.0 Å². The topological polar surface area (TPSA) is 58.4 Å². The smallest absolute Gasteiger partial charge is 0.317 e. The van der Waals surface area contributed by atoms with Crippen molar-refractivity contribution in [2.75, 3.05) is 13.1 Å². The van der Waals surface area contributed by atoms with Gasteiger partial charge in [0.2, 0.25) is 0 Å². The Labute approximate surface area is 211 Å². The monoisotopic (exact) mass is 507 g/mol. The van der Waals surface area contributed by atoms with Crippen LogP contribution in [0.4, 0.5) is 9.18 Å². The molecule has 2 amide bonds. The number of carbonyl (C=O) groups excluding carboxylic acids is 1. The Morgan fingerprint density at radius 1 is 1.06 bits per heavy atom. The minimum absolute atomic E-state index is 0.0219. The lowest BCUT2D eigenvalue weighted by atomic mass is 10.1. The second kappa shape index (κ2) is 14.0. The first kappa shape index (κ1) is 27.7. The van der Waals surface area contributed by atoms with Crippen molar-refractivity contribution in [3.63, 3.8) is 0 Å². The summed E-state index contributed by atoms with van der Waals surface area (Å²) in [6.07, 6.45) is 4.60. The maximum absolute atomic E-state index is 13.5. The Balaban J connectivity index is 0.000000254. The molecule has 0 atom stereocenters. The minimum atomic E-state index is -0.277. The number of benzene rings is 2. The van der Waals surface area contributed by atoms with Crippen molar-refractivity contribution in [2.45, 2.75) is 53.5 Å². The number of amides is 2. The Bertz CT molecular complexity index is 1070. The highest BCUT2D eigenvalue weighted by Crippen LogP contribution is 2.24. The molecule has 5 nitrogen and oxygen atoms in total. The number of aryl methyl sites for hydroxylation is 2. The summed E-state index contributed by atoms with van der Waals surface area (Å²) in [6.45, 7) is 9.82. The van der Waals surface area contributed by atoms with Gasteiger partial charge in [0.1, 0.15) is 5.82 Å². The van der Waals surface area contributed by atoms with Crippen LogP contribution in [0.25, 0.3) is 11.3 Å². The van der Waals surface area contributed by atoms with Crippen LogP contribution in [0.3, 0.4) is 0 Å². The molecule has 0 radical (unpaired) electrons. The van der Waals surface area contributed by atoms with Gasteiger partial charge in [-0.1, -0.05) is 55.6 Å². The molecule has 0 aliphatic heterocycles. The van der Waals surface area contributed by atoms with E-state index in [9.17, 15) is 9.18 Å². The summed E-state index contributed by atoms with van der Waals surface area (Å²) in [6, 6.07) is 10.4. The highest BCUT2D eigenvalue weighted by molar-refractivity contribution is 6.42. The number of unbranched alkanes of at least 4 members (excludes halogenated alkanes) is 1. The third-order valence-corrected chi connectivity index (χ3v) is 5.74. The zero-order chi connectivity index (χ0) is 25.1. The summed E-state index contributed by atoms with van der Waals surface area (Å²) in [5.74, 6) is 0.737. The van der Waals surface area contributed by atoms with Gasteiger partial charge in [0, 0.05) is 26.6 Å². The lowest BCUT2D eigenvalue weighted by Gasteiger charge is -2.22. The van der Waals surface area contributed by atoms with Crippen LogP contribution in [0.1, 0.15) is 50.1 Å². The zero-order valence-electron chi connectivity index (χ0n) is 20.1. The fourth-order valence-electron chi connectivity index (χ4n) is 3.18. The molecule has 1 N–H and O–H groups in total. The quantitative estimate of drug-likeness (QED) is 0.338. The molecule has 1 aromatic heterocycles. The lowest BCUT2D eigenvalue weighted by molar-refractivity contribution is 0.196. The van der Waals surface area contributed by atoms with Gasteiger partial charge in [-0.25, -0.2) is 14.2 Å². The first-order chi connectivity index (χ1) is 16.2. The van der Waals surface area contributed by atoms with E-state index in [4.69, 9.17) is 27.6 Å². The van der Waals surface area contributed by atoms with Gasteiger partial charge in [0.15, 0.2) is 11.7 Å². The summed E-state index contributed by atoms with van der Waals surface area (Å²) in [5, 5.41) is 3.96. The number of hydrogen-bond donors (Lipinski definition) is 1. The van der Waals surface area contributed by atoms with E-state index in [0.717, 1.165) is 43.5 Å². The number of carbonyl (C=O) groups is 1. The number of oxazole rings is 1. The van der Waals surface area contributed by atoms with Gasteiger partial charge < -0.3 is 14.6 Å². The van der Waals surface area contributed by atoms with Crippen molar-refractivity contribution in [3.05, 3.63) is 75.5 Å². The van der Waals surface area contributed by atoms with E-state index in [1.54, 1.807) is 25.1 Å². The first-order valence-corrected chi connectivity index (χ1v) is 12.2. The van der Waals surface area contributed by atoms with Crippen LogP contribution in [-0.2, 0) is 6.54 Å². The van der Waals surface area contributed by atoms with Crippen LogP contribution in [0.15, 0.2) is 47.0 Å². The molecule has 0 aliphatic carbocycles. The van der Waals surface area contributed by atoms with Gasteiger partial charge in [0.05, 0.1) is 21.8 Å². The SMILES string of the molecule is CCCCN(CCC)C(=O)NCc1ccc(Cl)c(Cl)c1.Cc1ccc(-c2cnc(C)o2)c(F)c1. The van der Waals surface area contributed by atoms with Gasteiger partial charge in [-0.3, -0.25) is 0 Å². The maximum atomic E-state index is 13.5. The number of nitrogens with one attached hydrogen (secondary N) is 1. The van der Waals surface area contributed by atoms with E-state index in [1.165, 1.54) is 12.3 Å². The third-order valence-electron chi connectivity index (χ3n) is 5.00. The molecule has 184 valence electrons. The van der Waals surface area contributed by atoms with E-state index >= 15 is 0 Å². The molecule has 3 aromatic rings. The number of rotatable bonds is 8. The molecular formula is C26H32Cl2FN3O2. The standard InChI is InChI=1S/C15H22Cl2N2O.C11H10FNO/c1-3-5-9-19(8-4-2)15(20)18-11-12-6-7-13(16)14(17)10-12;1-7-3-4-9(10(12)5-7)11-6-13-8(2)14-11/h6-7,10H,3-5,8-9,11H2,1-2H3,(H,18,20);3-6H,1-2H3. The number of halogens is 3. The number of urea groups is 1. The van der Waals surface area contributed by atoms with Gasteiger partial charge in [0.25, 0.3) is 0 Å². The van der Waals surface area contributed by atoms with Gasteiger partial charge in [-0.2, -0.15) is 0 Å². The molecular weight excluding hydrogens is 476 g/mol. The molecule has 0 aliphatic rings. The minimum Gasteiger partial charge on any atom is -0.441 e. The van der Waals surface area contributed by atoms with Crippen molar-refractivity contribution in [2.24, 2.45) is 0 Å². The Morgan fingerprint density at radius 3 is 2.41 bits per heavy atom. The molecule has 34 heavy (non-hydrogen) atoms. The number of nitrogens with zero attached hydrogens (tertiary/aromatic N) is 2. The van der Waals surface area contributed by atoms with Crippen LogP contribution in [0.2, 0.25) is 10.0 Å². The van der Waals surface area contributed by atoms with E-state index in [0.29, 0.717) is 33.8 Å². The molecule has 3 rings (SSSR count). The molecule has 0 saturated carbocycles. The zero-order valence-corrected chi connectivity index (χ0v) is 21.6. The fraction of sp³-hybridized carbons (Fsp3) is 0.385. The Hall–Kier alpha value is -2.57. The van der Waals surface area contributed by atoms with Gasteiger partial charge in [-0.15, -0.1) is 0 Å². The number of hydrogen-bond acceptors (Lipinski definition) is 3. The maximum Gasteiger partial charge on any atom is 0.317 e. The molecule has 1 heterocycles. The number of aromatic nitrogens is 1. The highest BCUT2D eigenvalue weighted by Gasteiger charge is 2.12. The molecule has 2 aromatic carbocycles. The molecule has 0 fully saturated rings. The summed E-state index contributed by atoms with van der Waals surface area (Å²) in [4.78, 5) is 17.9. The van der Waals surface area contributed by atoms with Crippen molar-refractivity contribution in [1.82, 2.24) is 15.2 Å². The van der Waals surface area contributed by atoms with Crippen LogP contribution < -0.4 is 5.32 Å². The summed E-state index contributed by atoms with van der Waals surface area (Å²) in [5.41, 5.74) is 2.29. The van der Waals surface area contributed by atoms with E-state index in [2.05, 4.69) is 24.1 Å². The molecule has 0 saturated heterocycles. The first-order valence-electron chi connectivity index (χ1n) is 11.4. The van der Waals surface area contributed by atoms with Crippen molar-refractivity contribution in [1.29, 1.82) is 0 Å². The summed E-state index contributed by atoms with van der Waals surface area (Å²) >= 11 is 11.8. The van der Waals surface area contributed by atoms with Crippen LogP contribution in [0.5, 0.6) is 0 Å². The van der Waals surface area contributed by atoms with E-state index in [1.807, 2.05) is 24.0 Å². The lowest BCUT2D eigenvalue weighted by Crippen LogP contribution is -2.40. The average Bonchev–Trinajstić information content (AvgIpc) is 3.23. The molecule has 0 unspecified atom stereocenters. The van der Waals surface area contributed by atoms with Crippen LogP contribution in [0, 0.1) is 19.7 Å². The molecule has 8 heteroatoms. The third kappa shape index (κ3) is 8.65. The van der Waals surface area contributed by atoms with Crippen molar-refractivity contribution >= 4 is 29.2 Å². The van der Waals surface area contributed by atoms with Crippen molar-refractivity contribution < 1.29 is 13.6 Å². The molecule has 0 spiro atoms. The second-order valence-electron chi connectivity index (χ2n) is 7.97. The molecule has 0 bridgehead atoms. The van der Waals surface area contributed by atoms with Crippen LogP contribution >= 0.6 is 23.2 Å². The van der Waals surface area contributed by atoms with E-state index in [-0.39, 0.29) is 11.8 Å². The largest absolute Gasteiger partial charge is 0.441 e. The highest BCUT2D eigenvalue weighted by atomic mass is 35.5. The normalized spacial score (nSPS) is 10.4. The summed E-state index contributed by atoms with van der Waals surface area (Å²) in [7, 11) is 0. The summed E-state index contributed by atoms with van der Waals surface area (Å²) < 4.78 is 18.7. The average molecular weight is 508 g/mol. The predicted molar refractivity (Wildman–Crippen MR) is 137 cm³/mol. The predicted octanol–water partition coefficient (Wildman–Crippen LogP) is 7.81. The Kier molecular flexibility index (Phi) is 11.4. The van der Waals surface area contributed by atoms with Gasteiger partial charge in [-0.05, 0) is 55.2 Å². The van der Waals surface area contributed by atoms with Crippen molar-refractivity contribution in [3.8, 4) is 11.3 Å². The van der Waals surface area contributed by atoms with Gasteiger partial charge >= 0.3 is 6.03 Å². The fourth-order valence-corrected chi connectivity index (χ4v) is 3.50. The second-order valence-corrected chi connectivity index (χ2v) is 8.79.